The number of carbonyl (C=O) groups is 1. The molecule has 4 rings (SSSR count). The second-order valence-corrected chi connectivity index (χ2v) is 11.2. The highest BCUT2D eigenvalue weighted by atomic mass is 16.5. The van der Waals surface area contributed by atoms with Crippen molar-refractivity contribution in [3.05, 3.63) is 0 Å². The number of hydrogen-bond acceptors (Lipinski definition) is 4. The lowest BCUT2D eigenvalue weighted by atomic mass is 9.40. The summed E-state index contributed by atoms with van der Waals surface area (Å²) in [6.45, 7) is 10.5. The van der Waals surface area contributed by atoms with Crippen molar-refractivity contribution in [3.63, 3.8) is 0 Å². The Morgan fingerprint density at radius 1 is 0.926 bits per heavy atom. The van der Waals surface area contributed by atoms with Gasteiger partial charge in [-0.1, -0.05) is 27.7 Å². The van der Waals surface area contributed by atoms with Gasteiger partial charge in [0, 0.05) is 10.8 Å². The summed E-state index contributed by atoms with van der Waals surface area (Å²) in [6.07, 6.45) is 5.31. The van der Waals surface area contributed by atoms with Gasteiger partial charge in [-0.2, -0.15) is 0 Å². The largest absolute Gasteiger partial charge is 0.387 e. The predicted octanol–water partition coefficient (Wildman–Crippen LogP) is 3.52. The lowest BCUT2D eigenvalue weighted by Crippen LogP contribution is -2.69. The molecule has 4 aliphatic rings. The highest BCUT2D eigenvalue weighted by Gasteiger charge is 2.70. The number of rotatable bonds is 1. The molecule has 0 radical (unpaired) electrons. The number of aliphatic hydroxyl groups excluding tert-OH is 1. The van der Waals surface area contributed by atoms with Crippen molar-refractivity contribution in [1.82, 2.24) is 0 Å². The maximum Gasteiger partial charge on any atom is 0.195 e. The highest BCUT2D eigenvalue weighted by Crippen LogP contribution is 2.72. The summed E-state index contributed by atoms with van der Waals surface area (Å²) in [7, 11) is 0. The van der Waals surface area contributed by atoms with E-state index >= 15 is 0 Å². The quantitative estimate of drug-likeness (QED) is 0.610. The van der Waals surface area contributed by atoms with E-state index in [0.717, 1.165) is 38.5 Å². The van der Waals surface area contributed by atoms with E-state index < -0.39 is 17.3 Å². The van der Waals surface area contributed by atoms with Crippen molar-refractivity contribution in [1.29, 1.82) is 0 Å². The Morgan fingerprint density at radius 2 is 1.56 bits per heavy atom. The van der Waals surface area contributed by atoms with Crippen LogP contribution in [0.2, 0.25) is 0 Å². The number of ketones is 1. The first-order valence-electron chi connectivity index (χ1n) is 11.0. The molecule has 0 bridgehead atoms. The number of Topliss-reactive ketones (excluding diaryl/α,β-unsaturated/α-hetero) is 1. The Balaban J connectivity index is 1.76. The lowest BCUT2D eigenvalue weighted by Gasteiger charge is -2.66. The number of aliphatic hydroxyl groups is 3. The normalized spacial score (nSPS) is 56.7. The van der Waals surface area contributed by atoms with Gasteiger partial charge in [0.2, 0.25) is 0 Å². The fourth-order valence-electron chi connectivity index (χ4n) is 8.69. The molecule has 3 N–H and O–H groups in total. The van der Waals surface area contributed by atoms with Crippen LogP contribution in [-0.4, -0.2) is 33.0 Å². The van der Waals surface area contributed by atoms with Gasteiger partial charge in [-0.25, -0.2) is 0 Å². The van der Waals surface area contributed by atoms with Gasteiger partial charge >= 0.3 is 0 Å². The standard InChI is InChI=1S/C23H38O4/c1-13-12-15-17-8-10-20(3,14(2)24)21(17,4)11-9-18(15)22(5)16(13)6-7-19(25)23(22,26)27/h13,15-19,25-27H,6-12H2,1-5H3/t13-,15-,16?,17-,18-,19?,20+,21-,22-/m0/s1. The molecule has 0 aromatic rings. The Labute approximate surface area is 163 Å². The topological polar surface area (TPSA) is 77.8 Å². The third-order valence-corrected chi connectivity index (χ3v) is 10.7. The van der Waals surface area contributed by atoms with E-state index in [0.29, 0.717) is 30.0 Å². The van der Waals surface area contributed by atoms with Crippen molar-refractivity contribution >= 4 is 5.78 Å². The number of carbonyl (C=O) groups excluding carboxylic acids is 1. The Morgan fingerprint density at radius 3 is 2.19 bits per heavy atom. The summed E-state index contributed by atoms with van der Waals surface area (Å²) >= 11 is 0. The molecule has 0 heterocycles. The fourth-order valence-corrected chi connectivity index (χ4v) is 8.69. The van der Waals surface area contributed by atoms with Crippen molar-refractivity contribution in [2.24, 2.45) is 45.8 Å². The van der Waals surface area contributed by atoms with E-state index in [-0.39, 0.29) is 22.7 Å². The highest BCUT2D eigenvalue weighted by molar-refractivity contribution is 5.83. The van der Waals surface area contributed by atoms with E-state index in [1.807, 2.05) is 6.92 Å². The minimum absolute atomic E-state index is 0.00374. The molecule has 4 saturated carbocycles. The summed E-state index contributed by atoms with van der Waals surface area (Å²) in [5.41, 5.74) is -0.932. The minimum atomic E-state index is -2.02. The van der Waals surface area contributed by atoms with Crippen LogP contribution in [0.1, 0.15) is 79.6 Å². The van der Waals surface area contributed by atoms with Gasteiger partial charge in [-0.05, 0) is 86.9 Å². The van der Waals surface area contributed by atoms with Crippen LogP contribution in [0.3, 0.4) is 0 Å². The van der Waals surface area contributed by atoms with Gasteiger partial charge in [0.15, 0.2) is 5.79 Å². The molecule has 4 fully saturated rings. The predicted molar refractivity (Wildman–Crippen MR) is 104 cm³/mol. The van der Waals surface area contributed by atoms with Crippen LogP contribution in [0, 0.1) is 45.8 Å². The first-order chi connectivity index (χ1) is 12.4. The Hall–Kier alpha value is -0.450. The van der Waals surface area contributed by atoms with Crippen molar-refractivity contribution < 1.29 is 20.1 Å². The van der Waals surface area contributed by atoms with Gasteiger partial charge in [-0.15, -0.1) is 0 Å². The first kappa shape index (κ1) is 19.8. The maximum absolute atomic E-state index is 12.6. The van der Waals surface area contributed by atoms with Crippen LogP contribution >= 0.6 is 0 Å². The molecule has 154 valence electrons. The zero-order valence-corrected chi connectivity index (χ0v) is 17.7. The first-order valence-corrected chi connectivity index (χ1v) is 11.0. The lowest BCUT2D eigenvalue weighted by molar-refractivity contribution is -0.355. The van der Waals surface area contributed by atoms with Gasteiger partial charge in [0.05, 0.1) is 0 Å². The average Bonchev–Trinajstić information content (AvgIpc) is 2.86. The van der Waals surface area contributed by atoms with E-state index in [2.05, 4.69) is 20.8 Å². The average molecular weight is 379 g/mol. The van der Waals surface area contributed by atoms with Crippen LogP contribution < -0.4 is 0 Å². The number of hydrogen-bond donors (Lipinski definition) is 3. The molecule has 0 aliphatic heterocycles. The monoisotopic (exact) mass is 378 g/mol. The summed E-state index contributed by atoms with van der Waals surface area (Å²) in [4.78, 5) is 12.6. The number of fused-ring (bicyclic) bond motifs is 5. The second kappa shape index (κ2) is 5.79. The summed E-state index contributed by atoms with van der Waals surface area (Å²) in [6, 6.07) is 0. The Bertz CT molecular complexity index is 644. The molecule has 4 heteroatoms. The molecule has 0 saturated heterocycles. The molecule has 0 amide bonds. The van der Waals surface area contributed by atoms with E-state index in [4.69, 9.17) is 0 Å². The minimum Gasteiger partial charge on any atom is -0.387 e. The van der Waals surface area contributed by atoms with Crippen molar-refractivity contribution in [2.45, 2.75) is 91.5 Å². The molecular formula is C23H38O4. The molecule has 4 aliphatic carbocycles. The fraction of sp³-hybridized carbons (Fsp3) is 0.957. The zero-order chi connectivity index (χ0) is 20.0. The molecule has 0 aromatic carbocycles. The van der Waals surface area contributed by atoms with E-state index in [9.17, 15) is 20.1 Å². The Kier molecular flexibility index (Phi) is 4.26. The van der Waals surface area contributed by atoms with Gasteiger partial charge in [0.1, 0.15) is 11.9 Å². The zero-order valence-electron chi connectivity index (χ0n) is 17.7. The summed E-state index contributed by atoms with van der Waals surface area (Å²) < 4.78 is 0. The van der Waals surface area contributed by atoms with Gasteiger partial charge < -0.3 is 15.3 Å². The van der Waals surface area contributed by atoms with Gasteiger partial charge in [-0.3, -0.25) is 4.79 Å². The third kappa shape index (κ3) is 2.18. The molecule has 2 unspecified atom stereocenters. The van der Waals surface area contributed by atoms with Crippen LogP contribution in [0.4, 0.5) is 0 Å². The molecule has 0 aromatic heterocycles. The van der Waals surface area contributed by atoms with Gasteiger partial charge in [0.25, 0.3) is 0 Å². The van der Waals surface area contributed by atoms with E-state index in [1.165, 1.54) is 0 Å². The van der Waals surface area contributed by atoms with Crippen molar-refractivity contribution in [3.8, 4) is 0 Å². The summed E-state index contributed by atoms with van der Waals surface area (Å²) in [5.74, 6) is 0.00661. The van der Waals surface area contributed by atoms with E-state index in [1.54, 1.807) is 6.92 Å². The summed E-state index contributed by atoms with van der Waals surface area (Å²) in [5, 5.41) is 32.7. The molecule has 27 heavy (non-hydrogen) atoms. The SMILES string of the molecule is CC(=O)[C@@]1(C)CC[C@H]2[C@@H]3C[C@H](C)C4CCC(O)C(O)(O)[C@]4(C)[C@H]3CC[C@@]21C. The second-order valence-electron chi connectivity index (χ2n) is 11.2. The third-order valence-electron chi connectivity index (χ3n) is 10.7. The van der Waals surface area contributed by atoms with Crippen LogP contribution in [0.15, 0.2) is 0 Å². The molecule has 0 spiro atoms. The van der Waals surface area contributed by atoms with Crippen LogP contribution in [-0.2, 0) is 4.79 Å². The molecular weight excluding hydrogens is 340 g/mol. The maximum atomic E-state index is 12.6. The molecule has 9 atom stereocenters. The van der Waals surface area contributed by atoms with Crippen molar-refractivity contribution in [2.75, 3.05) is 0 Å². The van der Waals surface area contributed by atoms with Crippen LogP contribution in [0.25, 0.3) is 0 Å². The smallest absolute Gasteiger partial charge is 0.195 e. The van der Waals surface area contributed by atoms with Crippen LogP contribution in [0.5, 0.6) is 0 Å². The molecule has 4 nitrogen and oxygen atoms in total.